The number of hydrogen-bond donors (Lipinski definition) is 3. The summed E-state index contributed by atoms with van der Waals surface area (Å²) in [7, 11) is 0. The summed E-state index contributed by atoms with van der Waals surface area (Å²) < 4.78 is 39.9. The summed E-state index contributed by atoms with van der Waals surface area (Å²) in [6, 6.07) is 0. The zero-order chi connectivity index (χ0) is 14.9. The molecule has 0 spiro atoms. The number of nitrogens with one attached hydrogen (secondary N) is 2. The molecular formula is C13H21F3N2O2. The number of amides is 1. The van der Waals surface area contributed by atoms with Gasteiger partial charge in [-0.1, -0.05) is 19.3 Å². The Balaban J connectivity index is 2.16. The van der Waals surface area contributed by atoms with E-state index in [1.807, 2.05) is 0 Å². The third-order valence-corrected chi connectivity index (χ3v) is 4.62. The molecule has 20 heavy (non-hydrogen) atoms. The van der Waals surface area contributed by atoms with Gasteiger partial charge in [-0.15, -0.1) is 0 Å². The number of aliphatic hydroxyl groups is 1. The Labute approximate surface area is 116 Å². The smallest absolute Gasteiger partial charge is 0.394 e. The van der Waals surface area contributed by atoms with Gasteiger partial charge < -0.3 is 15.7 Å². The molecule has 7 heteroatoms. The van der Waals surface area contributed by atoms with Crippen LogP contribution in [-0.4, -0.2) is 42.4 Å². The Morgan fingerprint density at radius 2 is 1.85 bits per heavy atom. The van der Waals surface area contributed by atoms with Crippen molar-refractivity contribution >= 4 is 5.91 Å². The number of hydrogen-bond acceptors (Lipinski definition) is 3. The zero-order valence-electron chi connectivity index (χ0n) is 11.4. The van der Waals surface area contributed by atoms with Crippen molar-refractivity contribution in [3.05, 3.63) is 0 Å². The maximum absolute atomic E-state index is 13.3. The van der Waals surface area contributed by atoms with E-state index in [4.69, 9.17) is 0 Å². The number of halogens is 3. The Bertz CT molecular complexity index is 359. The van der Waals surface area contributed by atoms with Gasteiger partial charge in [-0.05, 0) is 25.8 Å². The largest absolute Gasteiger partial charge is 0.404 e. The van der Waals surface area contributed by atoms with Crippen molar-refractivity contribution in [2.45, 2.75) is 50.2 Å². The third-order valence-electron chi connectivity index (χ3n) is 4.62. The highest BCUT2D eigenvalue weighted by Crippen LogP contribution is 2.44. The van der Waals surface area contributed by atoms with E-state index in [-0.39, 0.29) is 26.1 Å². The van der Waals surface area contributed by atoms with Crippen LogP contribution in [0, 0.1) is 5.41 Å². The fraction of sp³-hybridized carbons (Fsp3) is 0.923. The van der Waals surface area contributed by atoms with Crippen molar-refractivity contribution in [3.8, 4) is 0 Å². The predicted molar refractivity (Wildman–Crippen MR) is 67.0 cm³/mol. The monoisotopic (exact) mass is 294 g/mol. The average Bonchev–Trinajstić information content (AvgIpc) is 2.90. The van der Waals surface area contributed by atoms with E-state index >= 15 is 0 Å². The molecule has 1 saturated heterocycles. The van der Waals surface area contributed by atoms with Gasteiger partial charge in [-0.3, -0.25) is 4.79 Å². The second-order valence-corrected chi connectivity index (χ2v) is 5.96. The lowest BCUT2D eigenvalue weighted by Gasteiger charge is -2.40. The molecule has 4 nitrogen and oxygen atoms in total. The summed E-state index contributed by atoms with van der Waals surface area (Å²) >= 11 is 0. The fourth-order valence-corrected chi connectivity index (χ4v) is 3.17. The third kappa shape index (κ3) is 2.65. The summed E-state index contributed by atoms with van der Waals surface area (Å²) in [6.45, 7) is -0.511. The van der Waals surface area contributed by atoms with E-state index in [1.165, 1.54) is 0 Å². The van der Waals surface area contributed by atoms with Crippen LogP contribution in [0.5, 0.6) is 0 Å². The van der Waals surface area contributed by atoms with Crippen LogP contribution < -0.4 is 10.6 Å². The first-order valence-corrected chi connectivity index (χ1v) is 7.06. The lowest BCUT2D eigenvalue weighted by atomic mass is 9.79. The zero-order valence-corrected chi connectivity index (χ0v) is 11.4. The van der Waals surface area contributed by atoms with Crippen molar-refractivity contribution < 1.29 is 23.1 Å². The first-order valence-electron chi connectivity index (χ1n) is 7.06. The maximum atomic E-state index is 13.3. The van der Waals surface area contributed by atoms with Crippen molar-refractivity contribution in [2.75, 3.05) is 19.7 Å². The van der Waals surface area contributed by atoms with Gasteiger partial charge in [-0.25, -0.2) is 0 Å². The number of carbonyl (C=O) groups excluding carboxylic acids is 1. The Morgan fingerprint density at radius 1 is 1.20 bits per heavy atom. The van der Waals surface area contributed by atoms with Gasteiger partial charge >= 0.3 is 6.18 Å². The molecule has 2 fully saturated rings. The molecule has 2 aliphatic rings. The lowest BCUT2D eigenvalue weighted by molar-refractivity contribution is -0.217. The Kier molecular flexibility index (Phi) is 4.30. The number of alkyl halides is 3. The van der Waals surface area contributed by atoms with Crippen LogP contribution in [0.15, 0.2) is 0 Å². The standard InChI is InChI=1S/C13H21F3N2O2/c14-13(15,16)12(6-7-17-8-12)10(20)18-11(9-19)4-2-1-3-5-11/h17,19H,1-9H2,(H,18,20). The van der Waals surface area contributed by atoms with Crippen LogP contribution in [0.2, 0.25) is 0 Å². The fourth-order valence-electron chi connectivity index (χ4n) is 3.17. The normalized spacial score (nSPS) is 30.2. The minimum absolute atomic E-state index is 0.180. The molecule has 1 unspecified atom stereocenters. The Hall–Kier alpha value is -0.820. The highest BCUT2D eigenvalue weighted by atomic mass is 19.4. The highest BCUT2D eigenvalue weighted by molar-refractivity contribution is 5.85. The van der Waals surface area contributed by atoms with Gasteiger partial charge in [-0.2, -0.15) is 13.2 Å². The molecule has 1 aliphatic carbocycles. The van der Waals surface area contributed by atoms with Crippen LogP contribution in [0.4, 0.5) is 13.2 Å². The van der Waals surface area contributed by atoms with Gasteiger partial charge in [0.15, 0.2) is 5.41 Å². The van der Waals surface area contributed by atoms with Crippen molar-refractivity contribution in [1.82, 2.24) is 10.6 Å². The van der Waals surface area contributed by atoms with E-state index in [2.05, 4.69) is 10.6 Å². The molecular weight excluding hydrogens is 273 g/mol. The van der Waals surface area contributed by atoms with E-state index in [0.717, 1.165) is 19.3 Å². The SMILES string of the molecule is O=C(NC1(CO)CCCCC1)C1(C(F)(F)F)CCNC1. The summed E-state index contributed by atoms with van der Waals surface area (Å²) in [5, 5.41) is 14.7. The van der Waals surface area contributed by atoms with Crippen LogP contribution in [0.3, 0.4) is 0 Å². The van der Waals surface area contributed by atoms with Crippen LogP contribution in [-0.2, 0) is 4.79 Å². The molecule has 1 aliphatic heterocycles. The first-order chi connectivity index (χ1) is 9.35. The predicted octanol–water partition coefficient (Wildman–Crippen LogP) is 1.34. The molecule has 1 saturated carbocycles. The Morgan fingerprint density at radius 3 is 2.30 bits per heavy atom. The van der Waals surface area contributed by atoms with Gasteiger partial charge in [0.2, 0.25) is 5.91 Å². The second-order valence-electron chi connectivity index (χ2n) is 5.96. The molecule has 1 amide bonds. The second kappa shape index (κ2) is 5.52. The summed E-state index contributed by atoms with van der Waals surface area (Å²) in [5.41, 5.74) is -3.23. The summed E-state index contributed by atoms with van der Waals surface area (Å²) in [5.74, 6) is -0.994. The maximum Gasteiger partial charge on any atom is 0.404 e. The molecule has 1 atom stereocenters. The number of aliphatic hydroxyl groups excluding tert-OH is 1. The molecule has 0 aromatic heterocycles. The average molecular weight is 294 g/mol. The summed E-state index contributed by atoms with van der Waals surface area (Å²) in [4.78, 5) is 12.3. The van der Waals surface area contributed by atoms with Gasteiger partial charge in [0, 0.05) is 6.54 Å². The molecule has 116 valence electrons. The topological polar surface area (TPSA) is 61.4 Å². The molecule has 0 radical (unpaired) electrons. The first kappa shape index (κ1) is 15.6. The van der Waals surface area contributed by atoms with E-state index in [0.29, 0.717) is 12.8 Å². The van der Waals surface area contributed by atoms with E-state index < -0.39 is 23.0 Å². The van der Waals surface area contributed by atoms with E-state index in [9.17, 15) is 23.1 Å². The number of rotatable bonds is 3. The van der Waals surface area contributed by atoms with Gasteiger partial charge in [0.25, 0.3) is 0 Å². The highest BCUT2D eigenvalue weighted by Gasteiger charge is 2.62. The van der Waals surface area contributed by atoms with Crippen LogP contribution in [0.25, 0.3) is 0 Å². The molecule has 1 heterocycles. The minimum atomic E-state index is -4.58. The van der Waals surface area contributed by atoms with Crippen molar-refractivity contribution in [2.24, 2.45) is 5.41 Å². The van der Waals surface area contributed by atoms with E-state index in [1.54, 1.807) is 0 Å². The summed E-state index contributed by atoms with van der Waals surface area (Å²) in [6.07, 6.45) is -1.12. The van der Waals surface area contributed by atoms with Gasteiger partial charge in [0.1, 0.15) is 0 Å². The van der Waals surface area contributed by atoms with Gasteiger partial charge in [0.05, 0.1) is 12.1 Å². The molecule has 2 rings (SSSR count). The lowest BCUT2D eigenvalue weighted by Crippen LogP contribution is -2.60. The molecule has 3 N–H and O–H groups in total. The van der Waals surface area contributed by atoms with Crippen molar-refractivity contribution in [3.63, 3.8) is 0 Å². The molecule has 0 aromatic rings. The number of carbonyl (C=O) groups is 1. The van der Waals surface area contributed by atoms with Crippen molar-refractivity contribution in [1.29, 1.82) is 0 Å². The molecule has 0 aromatic carbocycles. The molecule has 0 bridgehead atoms. The minimum Gasteiger partial charge on any atom is -0.394 e. The quantitative estimate of drug-likeness (QED) is 0.736. The van der Waals surface area contributed by atoms with Crippen LogP contribution >= 0.6 is 0 Å². The van der Waals surface area contributed by atoms with Crippen LogP contribution in [0.1, 0.15) is 38.5 Å².